The van der Waals surface area contributed by atoms with E-state index in [0.29, 0.717) is 6.54 Å². The van der Waals surface area contributed by atoms with E-state index in [1.807, 2.05) is 0 Å². The molecule has 0 amide bonds. The third-order valence-electron chi connectivity index (χ3n) is 3.44. The Morgan fingerprint density at radius 1 is 1.29 bits per heavy atom. The molecule has 0 unspecified atom stereocenters. The number of furan rings is 1. The Balaban J connectivity index is 2.50. The largest absolute Gasteiger partial charge is 0.468 e. The van der Waals surface area contributed by atoms with Gasteiger partial charge < -0.3 is 10.2 Å². The minimum atomic E-state index is 0.558. The summed E-state index contributed by atoms with van der Waals surface area (Å²) in [6.45, 7) is 10.4. The highest BCUT2D eigenvalue weighted by atomic mass is 16.3. The molecule has 0 aliphatic carbocycles. The van der Waals surface area contributed by atoms with E-state index in [-0.39, 0.29) is 0 Å². The molecular formula is C14H26N2O. The molecule has 3 heteroatoms. The number of nitrogens with two attached hydrogens (primary N) is 1. The maximum Gasteiger partial charge on any atom is 0.118 e. The fourth-order valence-electron chi connectivity index (χ4n) is 2.05. The highest BCUT2D eigenvalue weighted by Crippen LogP contribution is 2.14. The van der Waals surface area contributed by atoms with Crippen molar-refractivity contribution in [3.8, 4) is 0 Å². The first kappa shape index (κ1) is 14.3. The topological polar surface area (TPSA) is 42.4 Å². The van der Waals surface area contributed by atoms with Crippen LogP contribution in [0, 0.1) is 5.92 Å². The molecule has 17 heavy (non-hydrogen) atoms. The van der Waals surface area contributed by atoms with Gasteiger partial charge >= 0.3 is 0 Å². The molecule has 0 spiro atoms. The summed E-state index contributed by atoms with van der Waals surface area (Å²) in [5.74, 6) is 1.82. The van der Waals surface area contributed by atoms with Gasteiger partial charge in [0.05, 0.1) is 12.8 Å². The Labute approximate surface area is 105 Å². The molecule has 2 N–H and O–H groups in total. The summed E-state index contributed by atoms with van der Waals surface area (Å²) in [6, 6.07) is 2.07. The molecule has 0 saturated heterocycles. The number of hydrogen-bond donors (Lipinski definition) is 1. The van der Waals surface area contributed by atoms with Crippen LogP contribution >= 0.6 is 0 Å². The molecule has 0 atom stereocenters. The highest BCUT2D eigenvalue weighted by molar-refractivity contribution is 5.12. The summed E-state index contributed by atoms with van der Waals surface area (Å²) in [5.41, 5.74) is 6.66. The lowest BCUT2D eigenvalue weighted by molar-refractivity contribution is 0.211. The summed E-state index contributed by atoms with van der Waals surface area (Å²) in [5, 5.41) is 0. The Morgan fingerprint density at radius 3 is 2.47 bits per heavy atom. The average molecular weight is 238 g/mol. The van der Waals surface area contributed by atoms with E-state index in [2.05, 4.69) is 31.7 Å². The van der Waals surface area contributed by atoms with Gasteiger partial charge in [-0.1, -0.05) is 33.6 Å². The van der Waals surface area contributed by atoms with Crippen LogP contribution in [0.15, 0.2) is 16.7 Å². The van der Waals surface area contributed by atoms with Crippen LogP contribution in [0.2, 0.25) is 0 Å². The molecule has 1 aromatic heterocycles. The Hall–Kier alpha value is -0.800. The first-order valence-corrected chi connectivity index (χ1v) is 6.72. The predicted octanol–water partition coefficient (Wildman–Crippen LogP) is 3.00. The summed E-state index contributed by atoms with van der Waals surface area (Å²) in [6.07, 6.45) is 4.26. The second kappa shape index (κ2) is 7.51. The average Bonchev–Trinajstić information content (AvgIpc) is 2.82. The normalized spacial score (nSPS) is 11.6. The van der Waals surface area contributed by atoms with Gasteiger partial charge in [0, 0.05) is 18.7 Å². The van der Waals surface area contributed by atoms with Crippen LogP contribution in [-0.2, 0) is 13.1 Å². The van der Waals surface area contributed by atoms with E-state index in [9.17, 15) is 0 Å². The molecule has 3 nitrogen and oxygen atoms in total. The summed E-state index contributed by atoms with van der Waals surface area (Å²) in [7, 11) is 0. The first-order valence-electron chi connectivity index (χ1n) is 6.72. The summed E-state index contributed by atoms with van der Waals surface area (Å²) < 4.78 is 5.52. The van der Waals surface area contributed by atoms with Crippen molar-refractivity contribution in [1.82, 2.24) is 4.90 Å². The molecule has 1 aromatic rings. The van der Waals surface area contributed by atoms with E-state index >= 15 is 0 Å². The van der Waals surface area contributed by atoms with Crippen molar-refractivity contribution in [3.05, 3.63) is 23.7 Å². The lowest BCUT2D eigenvalue weighted by atomic mass is 10.0. The maximum absolute atomic E-state index is 5.58. The fraction of sp³-hybridized carbons (Fsp3) is 0.714. The monoisotopic (exact) mass is 238 g/mol. The van der Waals surface area contributed by atoms with Crippen molar-refractivity contribution in [3.63, 3.8) is 0 Å². The third-order valence-corrected chi connectivity index (χ3v) is 3.44. The van der Waals surface area contributed by atoms with E-state index in [1.165, 1.54) is 12.8 Å². The lowest BCUT2D eigenvalue weighted by Gasteiger charge is -2.24. The molecule has 0 fully saturated rings. The van der Waals surface area contributed by atoms with Crippen LogP contribution in [0.3, 0.4) is 0 Å². The molecular weight excluding hydrogens is 212 g/mol. The van der Waals surface area contributed by atoms with Crippen molar-refractivity contribution in [2.24, 2.45) is 11.7 Å². The second-order valence-corrected chi connectivity index (χ2v) is 4.64. The zero-order valence-corrected chi connectivity index (χ0v) is 11.4. The molecule has 0 saturated carbocycles. The molecule has 0 aliphatic heterocycles. The molecule has 1 heterocycles. The lowest BCUT2D eigenvalue weighted by Crippen LogP contribution is -2.28. The minimum Gasteiger partial charge on any atom is -0.468 e. The first-order chi connectivity index (χ1) is 8.23. The van der Waals surface area contributed by atoms with Gasteiger partial charge in [0.2, 0.25) is 0 Å². The van der Waals surface area contributed by atoms with Crippen molar-refractivity contribution in [2.75, 3.05) is 13.1 Å². The Bertz CT molecular complexity index is 305. The fourth-order valence-corrected chi connectivity index (χ4v) is 2.05. The summed E-state index contributed by atoms with van der Waals surface area (Å²) >= 11 is 0. The van der Waals surface area contributed by atoms with Crippen molar-refractivity contribution in [2.45, 2.75) is 46.7 Å². The van der Waals surface area contributed by atoms with Crippen molar-refractivity contribution < 1.29 is 4.42 Å². The van der Waals surface area contributed by atoms with Gasteiger partial charge in [-0.2, -0.15) is 0 Å². The number of nitrogens with zero attached hydrogens (tertiary/aromatic N) is 1. The van der Waals surface area contributed by atoms with Crippen LogP contribution < -0.4 is 5.73 Å². The zero-order chi connectivity index (χ0) is 12.7. The summed E-state index contributed by atoms with van der Waals surface area (Å²) in [4.78, 5) is 2.44. The van der Waals surface area contributed by atoms with Crippen LogP contribution in [0.25, 0.3) is 0 Å². The van der Waals surface area contributed by atoms with E-state index in [1.54, 1.807) is 6.26 Å². The molecule has 0 aliphatic rings. The van der Waals surface area contributed by atoms with Crippen molar-refractivity contribution in [1.29, 1.82) is 0 Å². The molecule has 0 bridgehead atoms. The van der Waals surface area contributed by atoms with Gasteiger partial charge in [-0.15, -0.1) is 0 Å². The molecule has 0 radical (unpaired) electrons. The minimum absolute atomic E-state index is 0.558. The Kier molecular flexibility index (Phi) is 6.30. The standard InChI is InChI=1S/C14H26N2O/c1-4-12(5-2)9-16(6-3)10-14-7-13(8-15)11-17-14/h7,11-12H,4-6,8-10,15H2,1-3H3. The van der Waals surface area contributed by atoms with Gasteiger partial charge in [0.1, 0.15) is 5.76 Å². The van der Waals surface area contributed by atoms with Crippen LogP contribution in [0.4, 0.5) is 0 Å². The van der Waals surface area contributed by atoms with Gasteiger partial charge in [-0.05, 0) is 18.5 Å². The van der Waals surface area contributed by atoms with Crippen LogP contribution in [0.1, 0.15) is 44.9 Å². The molecule has 98 valence electrons. The van der Waals surface area contributed by atoms with Gasteiger partial charge in [-0.3, -0.25) is 4.90 Å². The quantitative estimate of drug-likeness (QED) is 0.757. The third kappa shape index (κ3) is 4.52. The zero-order valence-electron chi connectivity index (χ0n) is 11.4. The van der Waals surface area contributed by atoms with E-state index in [4.69, 9.17) is 10.2 Å². The van der Waals surface area contributed by atoms with Crippen LogP contribution in [0.5, 0.6) is 0 Å². The second-order valence-electron chi connectivity index (χ2n) is 4.64. The van der Waals surface area contributed by atoms with Gasteiger partial charge in [0.15, 0.2) is 0 Å². The smallest absolute Gasteiger partial charge is 0.118 e. The SMILES string of the molecule is CCC(CC)CN(CC)Cc1cc(CN)co1. The van der Waals surface area contributed by atoms with Gasteiger partial charge in [-0.25, -0.2) is 0 Å². The number of hydrogen-bond acceptors (Lipinski definition) is 3. The Morgan fingerprint density at radius 2 is 2.00 bits per heavy atom. The van der Waals surface area contributed by atoms with Crippen molar-refractivity contribution >= 4 is 0 Å². The van der Waals surface area contributed by atoms with Gasteiger partial charge in [0.25, 0.3) is 0 Å². The van der Waals surface area contributed by atoms with E-state index < -0.39 is 0 Å². The highest BCUT2D eigenvalue weighted by Gasteiger charge is 2.12. The maximum atomic E-state index is 5.58. The number of rotatable bonds is 8. The molecule has 1 rings (SSSR count). The molecule has 0 aromatic carbocycles. The predicted molar refractivity (Wildman–Crippen MR) is 71.6 cm³/mol. The van der Waals surface area contributed by atoms with Crippen LogP contribution in [-0.4, -0.2) is 18.0 Å². The van der Waals surface area contributed by atoms with E-state index in [0.717, 1.165) is 36.9 Å².